The Morgan fingerprint density at radius 1 is 1.20 bits per heavy atom. The minimum atomic E-state index is -0.193. The number of fused-ring (bicyclic) bond motifs is 1. The normalized spacial score (nSPS) is 17.3. The van der Waals surface area contributed by atoms with E-state index in [0.717, 1.165) is 19.3 Å². The molecule has 1 aliphatic carbocycles. The zero-order valence-corrected chi connectivity index (χ0v) is 11.0. The molecule has 0 bridgehead atoms. The highest BCUT2D eigenvalue weighted by Gasteiger charge is 2.20. The average Bonchev–Trinajstić information content (AvgIpc) is 2.48. The molecule has 0 aliphatic heterocycles. The molecule has 1 heterocycles. The molecule has 5 nitrogen and oxygen atoms in total. The van der Waals surface area contributed by atoms with Crippen molar-refractivity contribution in [3.8, 4) is 0 Å². The number of benzene rings is 1. The predicted octanol–water partition coefficient (Wildman–Crippen LogP) is 1.35. The molecule has 0 saturated carbocycles. The minimum Gasteiger partial charge on any atom is -0.382 e. The molecule has 1 unspecified atom stereocenters. The molecule has 3 N–H and O–H groups in total. The van der Waals surface area contributed by atoms with Gasteiger partial charge in [0.1, 0.15) is 11.5 Å². The van der Waals surface area contributed by atoms with Crippen molar-refractivity contribution in [2.24, 2.45) is 0 Å². The quantitative estimate of drug-likeness (QED) is 0.861. The van der Waals surface area contributed by atoms with Gasteiger partial charge in [0.05, 0.1) is 12.4 Å². The van der Waals surface area contributed by atoms with Crippen LogP contribution in [0.2, 0.25) is 0 Å². The number of anilines is 1. The van der Waals surface area contributed by atoms with Gasteiger partial charge in [-0.1, -0.05) is 24.3 Å². The van der Waals surface area contributed by atoms with E-state index in [1.165, 1.54) is 23.5 Å². The van der Waals surface area contributed by atoms with Crippen molar-refractivity contribution < 1.29 is 4.79 Å². The molecule has 1 aromatic carbocycles. The van der Waals surface area contributed by atoms with E-state index in [1.807, 2.05) is 6.07 Å². The molecular weight excluding hydrogens is 252 g/mol. The van der Waals surface area contributed by atoms with Crippen LogP contribution in [0.25, 0.3) is 0 Å². The van der Waals surface area contributed by atoms with E-state index in [1.54, 1.807) is 0 Å². The lowest BCUT2D eigenvalue weighted by Gasteiger charge is -2.25. The number of carbonyl (C=O) groups is 1. The van der Waals surface area contributed by atoms with E-state index in [2.05, 4.69) is 33.5 Å². The molecule has 2 aromatic rings. The summed E-state index contributed by atoms with van der Waals surface area (Å²) < 4.78 is 0. The number of nitrogen functional groups attached to an aromatic ring is 1. The third-order valence-electron chi connectivity index (χ3n) is 3.59. The number of nitrogens with zero attached hydrogens (tertiary/aromatic N) is 2. The highest BCUT2D eigenvalue weighted by atomic mass is 16.1. The number of rotatable bonds is 2. The molecule has 1 aliphatic rings. The minimum absolute atomic E-state index is 0.150. The molecule has 5 heteroatoms. The maximum atomic E-state index is 12.1. The number of aryl methyl sites for hydroxylation is 1. The highest BCUT2D eigenvalue weighted by molar-refractivity contribution is 5.92. The molecule has 1 amide bonds. The van der Waals surface area contributed by atoms with Gasteiger partial charge in [-0.05, 0) is 30.4 Å². The number of nitrogens with one attached hydrogen (secondary N) is 1. The molecule has 0 radical (unpaired) electrons. The van der Waals surface area contributed by atoms with Crippen LogP contribution in [-0.4, -0.2) is 21.9 Å². The van der Waals surface area contributed by atoms with E-state index < -0.39 is 0 Å². The third kappa shape index (κ3) is 2.61. The number of nitrogens with two attached hydrogens (primary N) is 1. The first-order chi connectivity index (χ1) is 9.72. The van der Waals surface area contributed by atoms with Gasteiger partial charge in [0.2, 0.25) is 0 Å². The summed E-state index contributed by atoms with van der Waals surface area (Å²) in [7, 11) is 0. The molecule has 1 atom stereocenters. The van der Waals surface area contributed by atoms with E-state index in [4.69, 9.17) is 5.73 Å². The standard InChI is InChI=1S/C15H16N4O/c16-14-9-17-13(8-18-14)15(20)19-12-6-5-10-3-1-2-4-11(10)7-12/h1-4,8-9,12H,5-7H2,(H2,16,18)(H,19,20). The fourth-order valence-corrected chi connectivity index (χ4v) is 2.54. The number of aromatic nitrogens is 2. The van der Waals surface area contributed by atoms with Crippen LogP contribution in [0, 0.1) is 0 Å². The smallest absolute Gasteiger partial charge is 0.271 e. The van der Waals surface area contributed by atoms with Crippen LogP contribution in [0.3, 0.4) is 0 Å². The lowest BCUT2D eigenvalue weighted by atomic mass is 9.88. The second-order valence-electron chi connectivity index (χ2n) is 5.01. The van der Waals surface area contributed by atoms with Crippen LogP contribution in [0.1, 0.15) is 28.0 Å². The first kappa shape index (κ1) is 12.6. The van der Waals surface area contributed by atoms with Crippen LogP contribution in [0.5, 0.6) is 0 Å². The van der Waals surface area contributed by atoms with E-state index in [-0.39, 0.29) is 11.9 Å². The van der Waals surface area contributed by atoms with Gasteiger partial charge in [0.25, 0.3) is 5.91 Å². The van der Waals surface area contributed by atoms with Gasteiger partial charge in [-0.2, -0.15) is 0 Å². The average molecular weight is 268 g/mol. The zero-order chi connectivity index (χ0) is 13.9. The Bertz CT molecular complexity index is 624. The van der Waals surface area contributed by atoms with Gasteiger partial charge in [-0.3, -0.25) is 4.79 Å². The molecule has 1 aromatic heterocycles. The second-order valence-corrected chi connectivity index (χ2v) is 5.01. The summed E-state index contributed by atoms with van der Waals surface area (Å²) in [6.07, 6.45) is 5.61. The van der Waals surface area contributed by atoms with Crippen LogP contribution in [0.4, 0.5) is 5.82 Å². The highest BCUT2D eigenvalue weighted by Crippen LogP contribution is 2.21. The fourth-order valence-electron chi connectivity index (χ4n) is 2.54. The van der Waals surface area contributed by atoms with E-state index >= 15 is 0 Å². The van der Waals surface area contributed by atoms with Crippen molar-refractivity contribution in [3.05, 3.63) is 53.5 Å². The Labute approximate surface area is 117 Å². The molecular formula is C15H16N4O. The predicted molar refractivity (Wildman–Crippen MR) is 76.2 cm³/mol. The van der Waals surface area contributed by atoms with Gasteiger partial charge >= 0.3 is 0 Å². The summed E-state index contributed by atoms with van der Waals surface area (Å²) in [5, 5.41) is 3.01. The van der Waals surface area contributed by atoms with Crippen LogP contribution in [0.15, 0.2) is 36.7 Å². The first-order valence-electron chi connectivity index (χ1n) is 6.67. The van der Waals surface area contributed by atoms with E-state index in [0.29, 0.717) is 11.5 Å². The van der Waals surface area contributed by atoms with Crippen molar-refractivity contribution in [1.29, 1.82) is 0 Å². The summed E-state index contributed by atoms with van der Waals surface area (Å²) in [5.41, 5.74) is 8.45. The second kappa shape index (κ2) is 5.28. The summed E-state index contributed by atoms with van der Waals surface area (Å²) in [6, 6.07) is 8.52. The first-order valence-corrected chi connectivity index (χ1v) is 6.67. The van der Waals surface area contributed by atoms with Gasteiger partial charge in [-0.25, -0.2) is 9.97 Å². The zero-order valence-electron chi connectivity index (χ0n) is 11.0. The number of hydrogen-bond donors (Lipinski definition) is 2. The maximum absolute atomic E-state index is 12.1. The van der Waals surface area contributed by atoms with Crippen LogP contribution < -0.4 is 11.1 Å². The maximum Gasteiger partial charge on any atom is 0.271 e. The Kier molecular flexibility index (Phi) is 3.33. The third-order valence-corrected chi connectivity index (χ3v) is 3.59. The van der Waals surface area contributed by atoms with Crippen molar-refractivity contribution in [1.82, 2.24) is 15.3 Å². The Balaban J connectivity index is 1.67. The molecule has 102 valence electrons. The Hall–Kier alpha value is -2.43. The lowest BCUT2D eigenvalue weighted by Crippen LogP contribution is -2.39. The van der Waals surface area contributed by atoms with Gasteiger partial charge in [0.15, 0.2) is 0 Å². The monoisotopic (exact) mass is 268 g/mol. The summed E-state index contributed by atoms with van der Waals surface area (Å²) in [5.74, 6) is 0.120. The Morgan fingerprint density at radius 3 is 2.75 bits per heavy atom. The lowest BCUT2D eigenvalue weighted by molar-refractivity contribution is 0.0928. The van der Waals surface area contributed by atoms with Gasteiger partial charge in [0, 0.05) is 6.04 Å². The largest absolute Gasteiger partial charge is 0.382 e. The molecule has 0 fully saturated rings. The van der Waals surface area contributed by atoms with E-state index in [9.17, 15) is 4.79 Å². The molecule has 0 saturated heterocycles. The van der Waals surface area contributed by atoms with Crippen molar-refractivity contribution >= 4 is 11.7 Å². The van der Waals surface area contributed by atoms with Crippen LogP contribution >= 0.6 is 0 Å². The summed E-state index contributed by atoms with van der Waals surface area (Å²) in [4.78, 5) is 20.0. The molecule has 3 rings (SSSR count). The van der Waals surface area contributed by atoms with Crippen LogP contribution in [-0.2, 0) is 12.8 Å². The Morgan fingerprint density at radius 2 is 2.00 bits per heavy atom. The number of carbonyl (C=O) groups excluding carboxylic acids is 1. The van der Waals surface area contributed by atoms with Gasteiger partial charge in [-0.15, -0.1) is 0 Å². The fraction of sp³-hybridized carbons (Fsp3) is 0.267. The van der Waals surface area contributed by atoms with Crippen molar-refractivity contribution in [2.75, 3.05) is 5.73 Å². The summed E-state index contributed by atoms with van der Waals surface area (Å²) >= 11 is 0. The number of amides is 1. The number of hydrogen-bond acceptors (Lipinski definition) is 4. The molecule has 20 heavy (non-hydrogen) atoms. The van der Waals surface area contributed by atoms with Gasteiger partial charge < -0.3 is 11.1 Å². The molecule has 0 spiro atoms. The topological polar surface area (TPSA) is 80.9 Å². The van der Waals surface area contributed by atoms with Crippen molar-refractivity contribution in [2.45, 2.75) is 25.3 Å². The van der Waals surface area contributed by atoms with Crippen molar-refractivity contribution in [3.63, 3.8) is 0 Å². The SMILES string of the molecule is Nc1cnc(C(=O)NC2CCc3ccccc3C2)cn1. The summed E-state index contributed by atoms with van der Waals surface area (Å²) in [6.45, 7) is 0.